The highest BCUT2D eigenvalue weighted by molar-refractivity contribution is 8.00. The quantitative estimate of drug-likeness (QED) is 0.236. The van der Waals surface area contributed by atoms with Crippen molar-refractivity contribution in [3.05, 3.63) is 81.0 Å². The molecule has 2 aromatic carbocycles. The number of thiophene rings is 1. The summed E-state index contributed by atoms with van der Waals surface area (Å²) in [7, 11) is 1.61. The molecule has 198 valence electrons. The molecule has 2 aromatic heterocycles. The average Bonchev–Trinajstić information content (AvgIpc) is 3.30. The third-order valence-electron chi connectivity index (χ3n) is 6.75. The van der Waals surface area contributed by atoms with E-state index in [1.807, 2.05) is 61.5 Å². The number of carbonyl (C=O) groups excluding carboxylic acids is 1. The Morgan fingerprint density at radius 2 is 1.92 bits per heavy atom. The van der Waals surface area contributed by atoms with Gasteiger partial charge in [-0.1, -0.05) is 55.9 Å². The molecule has 2 atom stereocenters. The normalized spacial score (nSPS) is 15.9. The number of benzene rings is 2. The number of nitrogens with zero attached hydrogens (tertiary/aromatic N) is 2. The molecule has 7 nitrogen and oxygen atoms in total. The molecule has 3 heterocycles. The van der Waals surface area contributed by atoms with Crippen LogP contribution in [0.2, 0.25) is 0 Å². The van der Waals surface area contributed by atoms with Gasteiger partial charge in [-0.15, -0.1) is 11.3 Å². The van der Waals surface area contributed by atoms with E-state index in [1.165, 1.54) is 23.1 Å². The van der Waals surface area contributed by atoms with Gasteiger partial charge in [0, 0.05) is 17.8 Å². The smallest absolute Gasteiger partial charge is 0.267 e. The first-order chi connectivity index (χ1) is 18.4. The Morgan fingerprint density at radius 3 is 2.61 bits per heavy atom. The van der Waals surface area contributed by atoms with Crippen LogP contribution in [0.5, 0.6) is 5.75 Å². The van der Waals surface area contributed by atoms with Crippen LogP contribution >= 0.6 is 23.1 Å². The van der Waals surface area contributed by atoms with Gasteiger partial charge in [0.05, 0.1) is 36.1 Å². The lowest BCUT2D eigenvalue weighted by Gasteiger charge is -2.26. The van der Waals surface area contributed by atoms with Gasteiger partial charge >= 0.3 is 0 Å². The Balaban J connectivity index is 1.53. The lowest BCUT2D eigenvalue weighted by Crippen LogP contribution is -2.31. The van der Waals surface area contributed by atoms with Crippen molar-refractivity contribution in [2.45, 2.75) is 56.9 Å². The van der Waals surface area contributed by atoms with E-state index in [1.54, 1.807) is 11.7 Å². The summed E-state index contributed by atoms with van der Waals surface area (Å²) in [6.45, 7) is 7.04. The molecule has 0 radical (unpaired) electrons. The number of rotatable bonds is 8. The lowest BCUT2D eigenvalue weighted by molar-refractivity contribution is -0.120. The van der Waals surface area contributed by atoms with Crippen molar-refractivity contribution < 1.29 is 14.3 Å². The van der Waals surface area contributed by atoms with Gasteiger partial charge < -0.3 is 14.8 Å². The summed E-state index contributed by atoms with van der Waals surface area (Å²) in [5.74, 6) is 0.927. The fourth-order valence-electron chi connectivity index (χ4n) is 4.51. The van der Waals surface area contributed by atoms with E-state index in [0.717, 1.165) is 16.0 Å². The maximum absolute atomic E-state index is 14.1. The summed E-state index contributed by atoms with van der Waals surface area (Å²) in [5.41, 5.74) is 2.62. The number of aromatic nitrogens is 2. The Morgan fingerprint density at radius 1 is 1.18 bits per heavy atom. The lowest BCUT2D eigenvalue weighted by atomic mass is 9.96. The second-order valence-corrected chi connectivity index (χ2v) is 12.1. The van der Waals surface area contributed by atoms with Gasteiger partial charge in [0.15, 0.2) is 5.16 Å². The van der Waals surface area contributed by atoms with Crippen molar-refractivity contribution in [3.8, 4) is 11.4 Å². The fourth-order valence-corrected chi connectivity index (χ4v) is 6.63. The number of methoxy groups -OCH3 is 1. The van der Waals surface area contributed by atoms with Gasteiger partial charge in [0.1, 0.15) is 10.6 Å². The van der Waals surface area contributed by atoms with Crippen molar-refractivity contribution in [1.82, 2.24) is 14.9 Å². The molecule has 0 aliphatic carbocycles. The summed E-state index contributed by atoms with van der Waals surface area (Å²) in [6, 6.07) is 17.1. The minimum atomic E-state index is -0.462. The van der Waals surface area contributed by atoms with E-state index in [9.17, 15) is 9.59 Å². The van der Waals surface area contributed by atoms with Crippen LogP contribution in [0.15, 0.2) is 64.5 Å². The van der Waals surface area contributed by atoms with E-state index in [2.05, 4.69) is 19.2 Å². The van der Waals surface area contributed by atoms with Crippen molar-refractivity contribution in [2.24, 2.45) is 5.92 Å². The van der Waals surface area contributed by atoms with Crippen LogP contribution in [0.1, 0.15) is 36.8 Å². The highest BCUT2D eigenvalue weighted by Gasteiger charge is 2.29. The van der Waals surface area contributed by atoms with E-state index >= 15 is 0 Å². The van der Waals surface area contributed by atoms with E-state index in [-0.39, 0.29) is 17.6 Å². The van der Waals surface area contributed by atoms with Crippen LogP contribution in [-0.2, 0) is 29.1 Å². The summed E-state index contributed by atoms with van der Waals surface area (Å²) < 4.78 is 13.0. The van der Waals surface area contributed by atoms with Gasteiger partial charge in [0.25, 0.3) is 5.56 Å². The minimum absolute atomic E-state index is 0.0662. The van der Waals surface area contributed by atoms with E-state index < -0.39 is 5.25 Å². The molecule has 0 saturated heterocycles. The third kappa shape index (κ3) is 5.36. The molecule has 0 bridgehead atoms. The van der Waals surface area contributed by atoms with Crippen LogP contribution in [0.25, 0.3) is 15.9 Å². The largest absolute Gasteiger partial charge is 0.497 e. The third-order valence-corrected chi connectivity index (χ3v) is 8.90. The number of thioether (sulfide) groups is 1. The first-order valence-corrected chi connectivity index (χ1v) is 14.4. The van der Waals surface area contributed by atoms with Gasteiger partial charge in [-0.2, -0.15) is 0 Å². The molecule has 9 heteroatoms. The first-order valence-electron chi connectivity index (χ1n) is 12.7. The molecule has 2 unspecified atom stereocenters. The number of carbonyl (C=O) groups is 1. The van der Waals surface area contributed by atoms with Crippen molar-refractivity contribution >= 4 is 39.2 Å². The second kappa shape index (κ2) is 11.3. The van der Waals surface area contributed by atoms with E-state index in [0.29, 0.717) is 52.3 Å². The summed E-state index contributed by atoms with van der Waals surface area (Å²) in [5, 5.41) is 3.67. The van der Waals surface area contributed by atoms with Gasteiger partial charge in [-0.05, 0) is 48.2 Å². The molecule has 38 heavy (non-hydrogen) atoms. The van der Waals surface area contributed by atoms with Gasteiger partial charge in [-0.3, -0.25) is 14.2 Å². The molecular formula is C29H31N3O4S2. The summed E-state index contributed by atoms with van der Waals surface area (Å²) in [4.78, 5) is 33.8. The number of hydrogen-bond acceptors (Lipinski definition) is 7. The average molecular weight is 550 g/mol. The predicted octanol–water partition coefficient (Wildman–Crippen LogP) is 5.35. The molecule has 0 saturated carbocycles. The van der Waals surface area contributed by atoms with Crippen LogP contribution in [0, 0.1) is 5.92 Å². The summed E-state index contributed by atoms with van der Waals surface area (Å²) in [6.07, 6.45) is 0.758. The monoisotopic (exact) mass is 549 g/mol. The fraction of sp³-hybridized carbons (Fsp3) is 0.345. The zero-order chi connectivity index (χ0) is 26.8. The zero-order valence-electron chi connectivity index (χ0n) is 21.9. The molecule has 1 amide bonds. The number of nitrogens with one attached hydrogen (secondary N) is 1. The van der Waals surface area contributed by atoms with Crippen molar-refractivity contribution in [3.63, 3.8) is 0 Å². The molecule has 1 aliphatic rings. The highest BCUT2D eigenvalue weighted by Crippen LogP contribution is 2.37. The number of fused-ring (bicyclic) bond motifs is 3. The number of hydrogen-bond donors (Lipinski definition) is 1. The minimum Gasteiger partial charge on any atom is -0.497 e. The van der Waals surface area contributed by atoms with Gasteiger partial charge in [-0.25, -0.2) is 4.98 Å². The first kappa shape index (κ1) is 26.5. The van der Waals surface area contributed by atoms with Crippen molar-refractivity contribution in [1.29, 1.82) is 0 Å². The molecule has 4 aromatic rings. The molecule has 0 fully saturated rings. The van der Waals surface area contributed by atoms with E-state index in [4.69, 9.17) is 14.5 Å². The Bertz CT molecular complexity index is 1500. The number of amides is 1. The van der Waals surface area contributed by atoms with Crippen molar-refractivity contribution in [2.75, 3.05) is 7.11 Å². The molecule has 1 N–H and O–H groups in total. The second-order valence-electron chi connectivity index (χ2n) is 9.68. The molecule has 5 rings (SSSR count). The van der Waals surface area contributed by atoms with Gasteiger partial charge in [0.2, 0.25) is 5.91 Å². The Hall–Kier alpha value is -3.14. The molecule has 0 spiro atoms. The maximum atomic E-state index is 14.1. The maximum Gasteiger partial charge on any atom is 0.267 e. The van der Waals surface area contributed by atoms with Crippen LogP contribution < -0.4 is 15.6 Å². The van der Waals surface area contributed by atoms with Crippen LogP contribution in [0.4, 0.5) is 0 Å². The topological polar surface area (TPSA) is 82.5 Å². The number of ether oxygens (including phenoxy) is 2. The summed E-state index contributed by atoms with van der Waals surface area (Å²) >= 11 is 2.79. The molecular weight excluding hydrogens is 518 g/mol. The Labute approximate surface area is 230 Å². The van der Waals surface area contributed by atoms with Crippen LogP contribution in [0.3, 0.4) is 0 Å². The predicted molar refractivity (Wildman–Crippen MR) is 152 cm³/mol. The van der Waals surface area contributed by atoms with Crippen LogP contribution in [-0.4, -0.2) is 33.9 Å². The highest BCUT2D eigenvalue weighted by atomic mass is 32.2. The zero-order valence-corrected chi connectivity index (χ0v) is 23.5. The Kier molecular flexibility index (Phi) is 7.88. The SMILES string of the molecule is COc1ccc(-n2c(SC(C)C(=O)NCc3ccccc3)nc3sc4c(c3c2=O)CC(C(C)C)OC4)cc1. The standard InChI is InChI=1S/C29H31N3O4S2/c1-17(2)23-14-22-24(16-36-23)38-27-25(22)28(34)32(20-10-12-21(35-4)13-11-20)29(31-27)37-18(3)26(33)30-15-19-8-6-5-7-9-19/h5-13,17-18,23H,14-16H2,1-4H3,(H,30,33). The molecule has 1 aliphatic heterocycles.